The number of nitrogens with two attached hydrogens (primary N) is 1. The number of amides is 1. The molecule has 2 aliphatic heterocycles. The van der Waals surface area contributed by atoms with E-state index >= 15 is 0 Å². The molecule has 0 aliphatic carbocycles. The van der Waals surface area contributed by atoms with Gasteiger partial charge in [0.1, 0.15) is 0 Å². The molecule has 0 aromatic carbocycles. The van der Waals surface area contributed by atoms with E-state index in [2.05, 4.69) is 11.5 Å². The second kappa shape index (κ2) is 3.57. The average molecular weight is 213 g/mol. The van der Waals surface area contributed by atoms with Gasteiger partial charge in [0, 0.05) is 38.3 Å². The smallest absolute Gasteiger partial charge is 0.282 e. The second-order valence-electron chi connectivity index (χ2n) is 4.55. The predicted molar refractivity (Wildman–Crippen MR) is 54.5 cm³/mol. The molecule has 1 spiro atoms. The Morgan fingerprint density at radius 3 is 2.60 bits per heavy atom. The maximum Gasteiger partial charge on any atom is 0.282 e. The molecule has 2 heterocycles. The monoisotopic (exact) mass is 213 g/mol. The van der Waals surface area contributed by atoms with Crippen LogP contribution in [-0.4, -0.2) is 48.6 Å². The van der Waals surface area contributed by atoms with Gasteiger partial charge >= 0.3 is 0 Å². The van der Waals surface area contributed by atoms with Crippen molar-refractivity contribution in [3.8, 4) is 0 Å². The number of halogens is 1. The third kappa shape index (κ3) is 1.77. The number of hydrogen-bond acceptors (Lipinski definition) is 3. The van der Waals surface area contributed by atoms with Gasteiger partial charge in [-0.2, -0.15) is 0 Å². The SMILES string of the molecule is C=C(F)C(=O)N1CC2(CCN(CN)C2)C1. The van der Waals surface area contributed by atoms with Gasteiger partial charge in [0.25, 0.3) is 5.91 Å². The lowest BCUT2D eigenvalue weighted by Crippen LogP contribution is -2.59. The lowest BCUT2D eigenvalue weighted by Gasteiger charge is -2.47. The predicted octanol–water partition coefficient (Wildman–Crippen LogP) is -0.0799. The van der Waals surface area contributed by atoms with E-state index in [9.17, 15) is 9.18 Å². The molecule has 5 heteroatoms. The molecule has 2 saturated heterocycles. The van der Waals surface area contributed by atoms with Crippen LogP contribution in [0.1, 0.15) is 6.42 Å². The Kier molecular flexibility index (Phi) is 2.52. The molecule has 0 aromatic heterocycles. The zero-order chi connectivity index (χ0) is 11.1. The van der Waals surface area contributed by atoms with Crippen molar-refractivity contribution in [1.82, 2.24) is 9.80 Å². The second-order valence-corrected chi connectivity index (χ2v) is 4.55. The minimum atomic E-state index is -0.862. The van der Waals surface area contributed by atoms with Gasteiger partial charge in [-0.15, -0.1) is 0 Å². The van der Waals surface area contributed by atoms with Gasteiger partial charge in [-0.1, -0.05) is 6.58 Å². The largest absolute Gasteiger partial charge is 0.335 e. The highest BCUT2D eigenvalue weighted by molar-refractivity contribution is 5.91. The first-order valence-corrected chi connectivity index (χ1v) is 5.12. The van der Waals surface area contributed by atoms with Crippen LogP contribution in [0.15, 0.2) is 12.4 Å². The average Bonchev–Trinajstić information content (AvgIpc) is 2.58. The van der Waals surface area contributed by atoms with Gasteiger partial charge in [0.15, 0.2) is 5.83 Å². The minimum absolute atomic E-state index is 0.171. The van der Waals surface area contributed by atoms with Crippen molar-refractivity contribution in [2.45, 2.75) is 6.42 Å². The van der Waals surface area contributed by atoms with Gasteiger partial charge in [0.2, 0.25) is 0 Å². The van der Waals surface area contributed by atoms with Crippen molar-refractivity contribution in [3.63, 3.8) is 0 Å². The molecule has 1 amide bonds. The molecule has 0 atom stereocenters. The Morgan fingerprint density at radius 1 is 1.47 bits per heavy atom. The Hall–Kier alpha value is -0.940. The first-order chi connectivity index (χ1) is 7.06. The van der Waals surface area contributed by atoms with Gasteiger partial charge in [0.05, 0.1) is 0 Å². The molecule has 84 valence electrons. The highest BCUT2D eigenvalue weighted by atomic mass is 19.1. The summed E-state index contributed by atoms with van der Waals surface area (Å²) in [5.74, 6) is -1.43. The van der Waals surface area contributed by atoms with Crippen LogP contribution in [-0.2, 0) is 4.79 Å². The van der Waals surface area contributed by atoms with E-state index in [0.29, 0.717) is 19.8 Å². The first-order valence-electron chi connectivity index (χ1n) is 5.12. The van der Waals surface area contributed by atoms with E-state index in [-0.39, 0.29) is 5.41 Å². The van der Waals surface area contributed by atoms with Crippen molar-refractivity contribution in [3.05, 3.63) is 12.4 Å². The van der Waals surface area contributed by atoms with Crippen LogP contribution in [0.25, 0.3) is 0 Å². The Bertz CT molecular complexity index is 299. The van der Waals surface area contributed by atoms with Crippen LogP contribution in [0.5, 0.6) is 0 Å². The van der Waals surface area contributed by atoms with Crippen molar-refractivity contribution >= 4 is 5.91 Å². The summed E-state index contributed by atoms with van der Waals surface area (Å²) in [7, 11) is 0. The van der Waals surface area contributed by atoms with E-state index < -0.39 is 11.7 Å². The number of hydrogen-bond donors (Lipinski definition) is 1. The summed E-state index contributed by atoms with van der Waals surface area (Å²) in [5.41, 5.74) is 5.72. The van der Waals surface area contributed by atoms with Crippen LogP contribution in [0.3, 0.4) is 0 Å². The quantitative estimate of drug-likeness (QED) is 0.653. The number of likely N-dealkylation sites (tertiary alicyclic amines) is 2. The van der Waals surface area contributed by atoms with E-state index in [1.807, 2.05) is 0 Å². The molecule has 2 aliphatic rings. The van der Waals surface area contributed by atoms with E-state index in [4.69, 9.17) is 5.73 Å². The Balaban J connectivity index is 1.88. The summed E-state index contributed by atoms with van der Waals surface area (Å²) in [6.07, 6.45) is 1.05. The van der Waals surface area contributed by atoms with Crippen molar-refractivity contribution in [1.29, 1.82) is 0 Å². The zero-order valence-corrected chi connectivity index (χ0v) is 8.71. The number of carbonyl (C=O) groups is 1. The van der Waals surface area contributed by atoms with E-state index in [1.165, 1.54) is 4.90 Å². The van der Waals surface area contributed by atoms with Crippen LogP contribution in [0.2, 0.25) is 0 Å². The maximum atomic E-state index is 12.6. The maximum absolute atomic E-state index is 12.6. The molecule has 15 heavy (non-hydrogen) atoms. The molecule has 0 saturated carbocycles. The summed E-state index contributed by atoms with van der Waals surface area (Å²) in [5, 5.41) is 0. The lowest BCUT2D eigenvalue weighted by molar-refractivity contribution is -0.139. The van der Waals surface area contributed by atoms with Crippen LogP contribution in [0.4, 0.5) is 4.39 Å². The number of rotatable bonds is 2. The topological polar surface area (TPSA) is 49.6 Å². The minimum Gasteiger partial charge on any atom is -0.335 e. The van der Waals surface area contributed by atoms with Crippen molar-refractivity contribution < 1.29 is 9.18 Å². The molecule has 0 aromatic rings. The summed E-state index contributed by atoms with van der Waals surface area (Å²) < 4.78 is 12.6. The highest BCUT2D eigenvalue weighted by Crippen LogP contribution is 2.39. The third-order valence-corrected chi connectivity index (χ3v) is 3.35. The summed E-state index contributed by atoms with van der Waals surface area (Å²) >= 11 is 0. The fourth-order valence-electron chi connectivity index (χ4n) is 2.52. The normalized spacial score (nSPS) is 24.3. The molecule has 0 unspecified atom stereocenters. The fraction of sp³-hybridized carbons (Fsp3) is 0.700. The van der Waals surface area contributed by atoms with E-state index in [1.54, 1.807) is 0 Å². The molecule has 2 N–H and O–H groups in total. The summed E-state index contributed by atoms with van der Waals surface area (Å²) in [4.78, 5) is 14.9. The van der Waals surface area contributed by atoms with Crippen LogP contribution >= 0.6 is 0 Å². The highest BCUT2D eigenvalue weighted by Gasteiger charge is 2.49. The van der Waals surface area contributed by atoms with Crippen LogP contribution < -0.4 is 5.73 Å². The third-order valence-electron chi connectivity index (χ3n) is 3.35. The zero-order valence-electron chi connectivity index (χ0n) is 8.71. The molecule has 2 rings (SSSR count). The lowest BCUT2D eigenvalue weighted by atomic mass is 9.79. The summed E-state index contributed by atoms with van der Waals surface area (Å²) in [6, 6.07) is 0. The van der Waals surface area contributed by atoms with Crippen molar-refractivity contribution in [2.24, 2.45) is 11.1 Å². The first kappa shape index (κ1) is 10.6. The Morgan fingerprint density at radius 2 is 2.13 bits per heavy atom. The molecule has 4 nitrogen and oxygen atoms in total. The summed E-state index contributed by atoms with van der Waals surface area (Å²) in [6.45, 7) is 6.77. The molecule has 0 radical (unpaired) electrons. The number of nitrogens with zero attached hydrogens (tertiary/aromatic N) is 2. The van der Waals surface area contributed by atoms with Gasteiger partial charge in [-0.05, 0) is 6.42 Å². The Labute approximate surface area is 88.5 Å². The molecular weight excluding hydrogens is 197 g/mol. The molecule has 2 fully saturated rings. The van der Waals surface area contributed by atoms with Gasteiger partial charge in [-0.25, -0.2) is 4.39 Å². The standard InChI is InChI=1S/C10H16FN3O/c1-8(11)9(15)14-5-10(6-14)2-3-13(4-10)7-12/h1-7,12H2. The molecular formula is C10H16FN3O. The fourth-order valence-corrected chi connectivity index (χ4v) is 2.52. The van der Waals surface area contributed by atoms with Gasteiger partial charge in [-0.3, -0.25) is 9.69 Å². The molecule has 0 bridgehead atoms. The van der Waals surface area contributed by atoms with Crippen molar-refractivity contribution in [2.75, 3.05) is 32.8 Å². The van der Waals surface area contributed by atoms with Crippen LogP contribution in [0, 0.1) is 5.41 Å². The van der Waals surface area contributed by atoms with E-state index in [0.717, 1.165) is 19.5 Å². The van der Waals surface area contributed by atoms with Gasteiger partial charge < -0.3 is 10.6 Å². The number of carbonyl (C=O) groups excluding carboxylic acids is 1.